The first-order chi connectivity index (χ1) is 14.1. The van der Waals surface area contributed by atoms with E-state index in [1.54, 1.807) is 36.4 Å². The number of hydrogen-bond acceptors (Lipinski definition) is 7. The lowest BCUT2D eigenvalue weighted by molar-refractivity contribution is 0.0302. The normalized spacial score (nSPS) is 16.4. The molecule has 29 heavy (non-hydrogen) atoms. The first-order valence-electron chi connectivity index (χ1n) is 9.72. The van der Waals surface area contributed by atoms with Crippen molar-refractivity contribution in [2.75, 3.05) is 50.6 Å². The van der Waals surface area contributed by atoms with E-state index in [0.717, 1.165) is 6.54 Å². The van der Waals surface area contributed by atoms with Crippen LogP contribution < -0.4 is 15.4 Å². The lowest BCUT2D eigenvalue weighted by atomic mass is 10.1. The lowest BCUT2D eigenvalue weighted by Gasteiger charge is -2.27. The Hall–Kier alpha value is -2.58. The average molecular weight is 418 g/mol. The molecule has 4 rings (SSSR count). The van der Waals surface area contributed by atoms with Crippen molar-refractivity contribution >= 4 is 35.0 Å². The van der Waals surface area contributed by atoms with Crippen molar-refractivity contribution in [1.82, 2.24) is 14.9 Å². The fourth-order valence-corrected chi connectivity index (χ4v) is 3.27. The summed E-state index contributed by atoms with van der Waals surface area (Å²) in [6.45, 7) is 3.17. The van der Waals surface area contributed by atoms with Gasteiger partial charge < -0.3 is 25.0 Å². The van der Waals surface area contributed by atoms with Gasteiger partial charge in [0.25, 0.3) is 5.91 Å². The minimum Gasteiger partial charge on any atom is -0.495 e. The number of morpholine rings is 1. The van der Waals surface area contributed by atoms with Crippen molar-refractivity contribution < 1.29 is 14.3 Å². The van der Waals surface area contributed by atoms with Crippen molar-refractivity contribution in [1.29, 1.82) is 0 Å². The van der Waals surface area contributed by atoms with E-state index in [1.807, 2.05) is 0 Å². The Labute approximate surface area is 174 Å². The van der Waals surface area contributed by atoms with E-state index < -0.39 is 0 Å². The molecule has 0 spiro atoms. The molecule has 1 aliphatic carbocycles. The third-order valence-electron chi connectivity index (χ3n) is 4.99. The zero-order valence-electron chi connectivity index (χ0n) is 16.3. The Morgan fingerprint density at radius 2 is 2.14 bits per heavy atom. The largest absolute Gasteiger partial charge is 0.495 e. The number of nitrogens with zero attached hydrogens (tertiary/aromatic N) is 3. The number of halogens is 1. The SMILES string of the molecule is COc1cc(C(=O)N2CCOCC2)ccc1Nc1ncc(Cl)c(NCC2CC2)n1. The van der Waals surface area contributed by atoms with E-state index in [-0.39, 0.29) is 5.91 Å². The number of rotatable bonds is 7. The molecule has 8 nitrogen and oxygen atoms in total. The fourth-order valence-electron chi connectivity index (χ4n) is 3.11. The fraction of sp³-hybridized carbons (Fsp3) is 0.450. The van der Waals surface area contributed by atoms with Crippen LogP contribution in [0.25, 0.3) is 0 Å². The molecule has 2 aromatic rings. The van der Waals surface area contributed by atoms with E-state index >= 15 is 0 Å². The Balaban J connectivity index is 1.49. The van der Waals surface area contributed by atoms with Crippen LogP contribution in [0.2, 0.25) is 5.02 Å². The predicted octanol–water partition coefficient (Wildman–Crippen LogP) is 3.18. The third-order valence-corrected chi connectivity index (χ3v) is 5.27. The van der Waals surface area contributed by atoms with Crippen LogP contribution in [0, 0.1) is 5.92 Å². The summed E-state index contributed by atoms with van der Waals surface area (Å²) >= 11 is 6.20. The van der Waals surface area contributed by atoms with E-state index in [1.165, 1.54) is 12.8 Å². The molecule has 9 heteroatoms. The summed E-state index contributed by atoms with van der Waals surface area (Å²) < 4.78 is 10.8. The number of methoxy groups -OCH3 is 1. The maximum absolute atomic E-state index is 12.7. The Kier molecular flexibility index (Phi) is 6.01. The second-order valence-corrected chi connectivity index (χ2v) is 7.57. The van der Waals surface area contributed by atoms with Crippen molar-refractivity contribution in [2.45, 2.75) is 12.8 Å². The highest BCUT2D eigenvalue weighted by atomic mass is 35.5. The Morgan fingerprint density at radius 3 is 2.86 bits per heavy atom. The zero-order valence-corrected chi connectivity index (χ0v) is 17.0. The highest BCUT2D eigenvalue weighted by molar-refractivity contribution is 6.32. The summed E-state index contributed by atoms with van der Waals surface area (Å²) in [6, 6.07) is 5.29. The van der Waals surface area contributed by atoms with Gasteiger partial charge in [-0.15, -0.1) is 0 Å². The summed E-state index contributed by atoms with van der Waals surface area (Å²) in [5, 5.41) is 6.91. The summed E-state index contributed by atoms with van der Waals surface area (Å²) in [5.41, 5.74) is 1.24. The molecular weight excluding hydrogens is 394 g/mol. The number of carbonyl (C=O) groups excluding carboxylic acids is 1. The summed E-state index contributed by atoms with van der Waals surface area (Å²) in [5.74, 6) is 2.21. The number of carbonyl (C=O) groups is 1. The number of aromatic nitrogens is 2. The molecule has 1 saturated carbocycles. The van der Waals surface area contributed by atoms with Gasteiger partial charge in [-0.3, -0.25) is 4.79 Å². The second-order valence-electron chi connectivity index (χ2n) is 7.16. The Morgan fingerprint density at radius 1 is 1.34 bits per heavy atom. The molecule has 154 valence electrons. The Bertz CT molecular complexity index is 884. The van der Waals surface area contributed by atoms with Crippen LogP contribution in [0.1, 0.15) is 23.2 Å². The highest BCUT2D eigenvalue weighted by Crippen LogP contribution is 2.31. The predicted molar refractivity (Wildman–Crippen MR) is 111 cm³/mol. The number of benzene rings is 1. The minimum atomic E-state index is -0.0348. The van der Waals surface area contributed by atoms with Crippen LogP contribution in [0.3, 0.4) is 0 Å². The van der Waals surface area contributed by atoms with Gasteiger partial charge in [0.15, 0.2) is 5.82 Å². The van der Waals surface area contributed by atoms with Crippen LogP contribution in [0.4, 0.5) is 17.5 Å². The minimum absolute atomic E-state index is 0.0348. The van der Waals surface area contributed by atoms with Gasteiger partial charge in [0, 0.05) is 25.2 Å². The molecule has 2 fully saturated rings. The summed E-state index contributed by atoms with van der Waals surface area (Å²) in [4.78, 5) is 23.2. The maximum Gasteiger partial charge on any atom is 0.254 e. The van der Waals surface area contributed by atoms with E-state index in [9.17, 15) is 4.79 Å². The lowest BCUT2D eigenvalue weighted by Crippen LogP contribution is -2.40. The maximum atomic E-state index is 12.7. The number of hydrogen-bond donors (Lipinski definition) is 2. The average Bonchev–Trinajstić information content (AvgIpc) is 3.59. The van der Waals surface area contributed by atoms with Gasteiger partial charge in [-0.05, 0) is 37.0 Å². The van der Waals surface area contributed by atoms with Crippen LogP contribution in [0.15, 0.2) is 24.4 Å². The molecule has 0 atom stereocenters. The highest BCUT2D eigenvalue weighted by Gasteiger charge is 2.22. The molecule has 1 saturated heterocycles. The van der Waals surface area contributed by atoms with Gasteiger partial charge in [-0.1, -0.05) is 11.6 Å². The van der Waals surface area contributed by atoms with E-state index in [2.05, 4.69) is 20.6 Å². The molecule has 0 radical (unpaired) electrons. The number of ether oxygens (including phenoxy) is 2. The van der Waals surface area contributed by atoms with Gasteiger partial charge in [-0.2, -0.15) is 4.98 Å². The van der Waals surface area contributed by atoms with Crippen molar-refractivity contribution in [3.63, 3.8) is 0 Å². The first kappa shape index (κ1) is 19.7. The molecule has 2 N–H and O–H groups in total. The number of nitrogens with one attached hydrogen (secondary N) is 2. The molecule has 1 amide bonds. The molecule has 0 unspecified atom stereocenters. The molecular formula is C20H24ClN5O3. The molecule has 0 bridgehead atoms. The monoisotopic (exact) mass is 417 g/mol. The van der Waals surface area contributed by atoms with Crippen LogP contribution in [-0.2, 0) is 4.74 Å². The smallest absolute Gasteiger partial charge is 0.254 e. The topological polar surface area (TPSA) is 88.6 Å². The zero-order chi connectivity index (χ0) is 20.2. The van der Waals surface area contributed by atoms with Gasteiger partial charge in [0.2, 0.25) is 5.95 Å². The second kappa shape index (κ2) is 8.84. The van der Waals surface area contributed by atoms with Crippen molar-refractivity contribution in [3.05, 3.63) is 35.0 Å². The van der Waals surface area contributed by atoms with Gasteiger partial charge >= 0.3 is 0 Å². The molecule has 1 aliphatic heterocycles. The molecule has 1 aromatic carbocycles. The number of anilines is 3. The van der Waals surface area contributed by atoms with Crippen molar-refractivity contribution in [2.24, 2.45) is 5.92 Å². The summed E-state index contributed by atoms with van der Waals surface area (Å²) in [7, 11) is 1.56. The summed E-state index contributed by atoms with van der Waals surface area (Å²) in [6.07, 6.45) is 4.05. The van der Waals surface area contributed by atoms with Crippen molar-refractivity contribution in [3.8, 4) is 5.75 Å². The first-order valence-corrected chi connectivity index (χ1v) is 10.1. The molecule has 2 aliphatic rings. The molecule has 1 aromatic heterocycles. The standard InChI is InChI=1S/C20H24ClN5O3/c1-28-17-10-14(19(27)26-6-8-29-9-7-26)4-5-16(17)24-20-23-12-15(21)18(25-20)22-11-13-2-3-13/h4-5,10,12-13H,2-3,6-9,11H2,1H3,(H2,22,23,24,25). The van der Waals surface area contributed by atoms with E-state index in [0.29, 0.717) is 66.0 Å². The third kappa shape index (κ3) is 4.89. The van der Waals surface area contributed by atoms with Gasteiger partial charge in [-0.25, -0.2) is 4.98 Å². The van der Waals surface area contributed by atoms with Gasteiger partial charge in [0.05, 0.1) is 32.2 Å². The van der Waals surface area contributed by atoms with Crippen LogP contribution in [0.5, 0.6) is 5.75 Å². The molecule has 2 heterocycles. The van der Waals surface area contributed by atoms with Crippen LogP contribution >= 0.6 is 11.6 Å². The quantitative estimate of drug-likeness (QED) is 0.715. The number of amides is 1. The van der Waals surface area contributed by atoms with Crippen LogP contribution in [-0.4, -0.2) is 60.7 Å². The van der Waals surface area contributed by atoms with Gasteiger partial charge in [0.1, 0.15) is 10.8 Å². The van der Waals surface area contributed by atoms with E-state index in [4.69, 9.17) is 21.1 Å².